The van der Waals surface area contributed by atoms with Gasteiger partial charge in [-0.25, -0.2) is 0 Å². The first kappa shape index (κ1) is 12.2. The predicted molar refractivity (Wildman–Crippen MR) is 68.6 cm³/mol. The maximum Gasteiger partial charge on any atom is 0.292 e. The van der Waals surface area contributed by atoms with Gasteiger partial charge in [0.1, 0.15) is 5.69 Å². The van der Waals surface area contributed by atoms with Gasteiger partial charge >= 0.3 is 0 Å². The van der Waals surface area contributed by atoms with E-state index in [4.69, 9.17) is 11.6 Å². The van der Waals surface area contributed by atoms with E-state index in [1.807, 2.05) is 0 Å². The molecule has 0 aliphatic heterocycles. The summed E-state index contributed by atoms with van der Waals surface area (Å²) >= 11 is 5.89. The number of nitrogens with zero attached hydrogens (tertiary/aromatic N) is 1. The standard InChI is InChI=1S/C12H15ClN2O2/c1-12(6-2-3-7-12)14-10-8-9(13)4-5-11(10)15(16)17/h4-5,8,14H,2-3,6-7H2,1H3. The molecule has 1 N–H and O–H groups in total. The highest BCUT2D eigenvalue weighted by Gasteiger charge is 2.30. The number of benzene rings is 1. The van der Waals surface area contributed by atoms with E-state index < -0.39 is 0 Å². The monoisotopic (exact) mass is 254 g/mol. The molecule has 1 aliphatic carbocycles. The van der Waals surface area contributed by atoms with Crippen molar-refractivity contribution >= 4 is 23.0 Å². The van der Waals surface area contributed by atoms with Gasteiger partial charge in [0.05, 0.1) is 4.92 Å². The Hall–Kier alpha value is -1.29. The summed E-state index contributed by atoms with van der Waals surface area (Å²) in [7, 11) is 0. The van der Waals surface area contributed by atoms with Gasteiger partial charge < -0.3 is 5.32 Å². The molecule has 0 amide bonds. The highest BCUT2D eigenvalue weighted by molar-refractivity contribution is 6.31. The lowest BCUT2D eigenvalue weighted by atomic mass is 10.00. The molecule has 0 heterocycles. The second-order valence-electron chi connectivity index (χ2n) is 4.81. The van der Waals surface area contributed by atoms with Crippen LogP contribution >= 0.6 is 11.6 Å². The van der Waals surface area contributed by atoms with Gasteiger partial charge in [0.15, 0.2) is 0 Å². The molecule has 1 aliphatic rings. The van der Waals surface area contributed by atoms with Crippen LogP contribution in [0, 0.1) is 10.1 Å². The average molecular weight is 255 g/mol. The molecule has 1 aromatic carbocycles. The van der Waals surface area contributed by atoms with Gasteiger partial charge in [-0.05, 0) is 31.9 Å². The lowest BCUT2D eigenvalue weighted by molar-refractivity contribution is -0.384. The number of nitrogens with one attached hydrogen (secondary N) is 1. The van der Waals surface area contributed by atoms with Crippen LogP contribution in [0.25, 0.3) is 0 Å². The summed E-state index contributed by atoms with van der Waals surface area (Å²) in [5, 5.41) is 14.7. The minimum atomic E-state index is -0.378. The maximum atomic E-state index is 10.9. The van der Waals surface area contributed by atoms with Crippen LogP contribution in [0.5, 0.6) is 0 Å². The van der Waals surface area contributed by atoms with Crippen molar-refractivity contribution < 1.29 is 4.92 Å². The molecule has 92 valence electrons. The van der Waals surface area contributed by atoms with Crippen molar-refractivity contribution in [2.45, 2.75) is 38.1 Å². The normalized spacial score (nSPS) is 18.0. The lowest BCUT2D eigenvalue weighted by Crippen LogP contribution is -2.31. The number of rotatable bonds is 3. The third kappa shape index (κ3) is 2.69. The first-order valence-corrected chi connectivity index (χ1v) is 6.10. The summed E-state index contributed by atoms with van der Waals surface area (Å²) in [5.41, 5.74) is 0.560. The Kier molecular flexibility index (Phi) is 3.24. The molecule has 0 atom stereocenters. The SMILES string of the molecule is CC1(Nc2cc(Cl)ccc2[N+](=O)[O-])CCCC1. The Bertz CT molecular complexity index is 442. The molecule has 5 heteroatoms. The van der Waals surface area contributed by atoms with Crippen LogP contribution in [0.4, 0.5) is 11.4 Å². The van der Waals surface area contributed by atoms with E-state index in [1.165, 1.54) is 6.07 Å². The molecule has 0 spiro atoms. The molecule has 1 saturated carbocycles. The largest absolute Gasteiger partial charge is 0.374 e. The minimum absolute atomic E-state index is 0.0462. The van der Waals surface area contributed by atoms with Gasteiger partial charge in [0.2, 0.25) is 0 Å². The van der Waals surface area contributed by atoms with Crippen LogP contribution in [0.2, 0.25) is 5.02 Å². The van der Waals surface area contributed by atoms with E-state index >= 15 is 0 Å². The Morgan fingerprint density at radius 2 is 2.06 bits per heavy atom. The fourth-order valence-corrected chi connectivity index (χ4v) is 2.55. The summed E-state index contributed by atoms with van der Waals surface area (Å²) in [6, 6.07) is 4.62. The zero-order valence-electron chi connectivity index (χ0n) is 9.70. The number of halogens is 1. The number of nitro benzene ring substituents is 1. The van der Waals surface area contributed by atoms with Gasteiger partial charge in [-0.3, -0.25) is 10.1 Å². The van der Waals surface area contributed by atoms with Crippen LogP contribution in [0.3, 0.4) is 0 Å². The fourth-order valence-electron chi connectivity index (χ4n) is 2.37. The van der Waals surface area contributed by atoms with Crippen LogP contribution in [-0.4, -0.2) is 10.5 Å². The number of anilines is 1. The van der Waals surface area contributed by atoms with Gasteiger partial charge in [-0.2, -0.15) is 0 Å². The molecule has 0 saturated heterocycles. The zero-order chi connectivity index (χ0) is 12.5. The second-order valence-corrected chi connectivity index (χ2v) is 5.25. The van der Waals surface area contributed by atoms with Crippen molar-refractivity contribution in [3.8, 4) is 0 Å². The molecule has 1 fully saturated rings. The van der Waals surface area contributed by atoms with E-state index in [1.54, 1.807) is 12.1 Å². The van der Waals surface area contributed by atoms with Crippen molar-refractivity contribution in [2.24, 2.45) is 0 Å². The maximum absolute atomic E-state index is 10.9. The molecule has 0 aromatic heterocycles. The number of hydrogen-bond acceptors (Lipinski definition) is 3. The highest BCUT2D eigenvalue weighted by atomic mass is 35.5. The van der Waals surface area contributed by atoms with Crippen LogP contribution < -0.4 is 5.32 Å². The van der Waals surface area contributed by atoms with Crippen molar-refractivity contribution in [1.29, 1.82) is 0 Å². The van der Waals surface area contributed by atoms with Gasteiger partial charge in [-0.15, -0.1) is 0 Å². The zero-order valence-corrected chi connectivity index (χ0v) is 10.5. The van der Waals surface area contributed by atoms with E-state index in [9.17, 15) is 10.1 Å². The average Bonchev–Trinajstić information content (AvgIpc) is 2.64. The second kappa shape index (κ2) is 4.53. The molecule has 1 aromatic rings. The van der Waals surface area contributed by atoms with Crippen molar-refractivity contribution in [2.75, 3.05) is 5.32 Å². The van der Waals surface area contributed by atoms with E-state index in [2.05, 4.69) is 12.2 Å². The topological polar surface area (TPSA) is 55.2 Å². The van der Waals surface area contributed by atoms with E-state index in [0.717, 1.165) is 25.7 Å². The molecule has 17 heavy (non-hydrogen) atoms. The van der Waals surface area contributed by atoms with Crippen LogP contribution in [0.15, 0.2) is 18.2 Å². The summed E-state index contributed by atoms with van der Waals surface area (Å²) < 4.78 is 0. The third-order valence-corrected chi connectivity index (χ3v) is 3.53. The van der Waals surface area contributed by atoms with Crippen molar-refractivity contribution in [1.82, 2.24) is 0 Å². The van der Waals surface area contributed by atoms with Crippen LogP contribution in [-0.2, 0) is 0 Å². The van der Waals surface area contributed by atoms with Gasteiger partial charge in [0, 0.05) is 16.6 Å². The van der Waals surface area contributed by atoms with Gasteiger partial charge in [-0.1, -0.05) is 24.4 Å². The highest BCUT2D eigenvalue weighted by Crippen LogP contribution is 2.36. The molecule has 0 unspecified atom stereocenters. The molecular formula is C12H15ClN2O2. The molecule has 2 rings (SSSR count). The Balaban J connectivity index is 2.30. The number of hydrogen-bond donors (Lipinski definition) is 1. The first-order valence-electron chi connectivity index (χ1n) is 5.72. The Morgan fingerprint density at radius 1 is 1.41 bits per heavy atom. The summed E-state index contributed by atoms with van der Waals surface area (Å²) in [6.07, 6.45) is 4.41. The minimum Gasteiger partial charge on any atom is -0.374 e. The first-order chi connectivity index (χ1) is 8.00. The quantitative estimate of drug-likeness (QED) is 0.655. The molecule has 4 nitrogen and oxygen atoms in total. The fraction of sp³-hybridized carbons (Fsp3) is 0.500. The van der Waals surface area contributed by atoms with E-state index in [0.29, 0.717) is 10.7 Å². The third-order valence-electron chi connectivity index (χ3n) is 3.30. The summed E-state index contributed by atoms with van der Waals surface area (Å²) in [5.74, 6) is 0. The number of nitro groups is 1. The molecule has 0 radical (unpaired) electrons. The summed E-state index contributed by atoms with van der Waals surface area (Å²) in [4.78, 5) is 10.6. The van der Waals surface area contributed by atoms with E-state index in [-0.39, 0.29) is 16.1 Å². The smallest absolute Gasteiger partial charge is 0.292 e. The molecule has 0 bridgehead atoms. The Morgan fingerprint density at radius 3 is 2.65 bits per heavy atom. The summed E-state index contributed by atoms with van der Waals surface area (Å²) in [6.45, 7) is 2.10. The lowest BCUT2D eigenvalue weighted by Gasteiger charge is -2.26. The van der Waals surface area contributed by atoms with Crippen LogP contribution in [0.1, 0.15) is 32.6 Å². The molecular weight excluding hydrogens is 240 g/mol. The van der Waals surface area contributed by atoms with Crippen molar-refractivity contribution in [3.05, 3.63) is 33.3 Å². The van der Waals surface area contributed by atoms with Crippen molar-refractivity contribution in [3.63, 3.8) is 0 Å². The Labute approximate surface area is 105 Å². The van der Waals surface area contributed by atoms with Gasteiger partial charge in [0.25, 0.3) is 5.69 Å². The predicted octanol–water partition coefficient (Wildman–Crippen LogP) is 3.99.